The minimum Gasteiger partial charge on any atom is -0.310 e. The summed E-state index contributed by atoms with van der Waals surface area (Å²) in [6, 6.07) is 4.41. The fourth-order valence-corrected chi connectivity index (χ4v) is 2.21. The van der Waals surface area contributed by atoms with E-state index >= 15 is 0 Å². The minimum atomic E-state index is 0.288. The van der Waals surface area contributed by atoms with Crippen molar-refractivity contribution in [3.05, 3.63) is 42.1 Å². The van der Waals surface area contributed by atoms with Crippen LogP contribution in [0.4, 0.5) is 0 Å². The normalized spacial score (nSPS) is 12.6. The first-order chi connectivity index (χ1) is 9.27. The van der Waals surface area contributed by atoms with Crippen molar-refractivity contribution >= 4 is 0 Å². The van der Waals surface area contributed by atoms with Gasteiger partial charge in [-0.3, -0.25) is 4.57 Å². The van der Waals surface area contributed by atoms with Crippen molar-refractivity contribution in [2.75, 3.05) is 6.54 Å². The van der Waals surface area contributed by atoms with Crippen LogP contribution >= 0.6 is 0 Å². The molecule has 2 aromatic rings. The third-order valence-corrected chi connectivity index (χ3v) is 3.25. The molecule has 1 atom stereocenters. The van der Waals surface area contributed by atoms with Gasteiger partial charge in [0, 0.05) is 36.6 Å². The smallest absolute Gasteiger partial charge is 0.142 e. The molecular weight excluding hydrogens is 236 g/mol. The van der Waals surface area contributed by atoms with Gasteiger partial charge in [-0.2, -0.15) is 0 Å². The Bertz CT molecular complexity index is 518. The van der Waals surface area contributed by atoms with Gasteiger partial charge >= 0.3 is 0 Å². The van der Waals surface area contributed by atoms with Crippen molar-refractivity contribution in [1.82, 2.24) is 19.9 Å². The van der Waals surface area contributed by atoms with Crippen molar-refractivity contribution in [2.45, 2.75) is 39.7 Å². The Balaban J connectivity index is 2.36. The monoisotopic (exact) mass is 258 g/mol. The second-order valence-electron chi connectivity index (χ2n) is 4.66. The highest BCUT2D eigenvalue weighted by Crippen LogP contribution is 2.20. The molecule has 2 aromatic heterocycles. The highest BCUT2D eigenvalue weighted by Gasteiger charge is 2.13. The van der Waals surface area contributed by atoms with Gasteiger partial charge in [-0.25, -0.2) is 9.97 Å². The van der Waals surface area contributed by atoms with Crippen molar-refractivity contribution in [1.29, 1.82) is 0 Å². The summed E-state index contributed by atoms with van der Waals surface area (Å²) in [4.78, 5) is 8.92. The van der Waals surface area contributed by atoms with Crippen LogP contribution in [-0.2, 0) is 6.42 Å². The lowest BCUT2D eigenvalue weighted by Crippen LogP contribution is -2.21. The molecule has 1 unspecified atom stereocenters. The molecular formula is C15H22N4. The van der Waals surface area contributed by atoms with Gasteiger partial charge in [0.2, 0.25) is 0 Å². The molecule has 1 N–H and O–H groups in total. The molecule has 0 saturated carbocycles. The average molecular weight is 258 g/mol. The Kier molecular flexibility index (Phi) is 4.68. The first-order valence-electron chi connectivity index (χ1n) is 6.98. The van der Waals surface area contributed by atoms with Crippen LogP contribution in [0.3, 0.4) is 0 Å². The van der Waals surface area contributed by atoms with Crippen molar-refractivity contribution in [2.24, 2.45) is 0 Å². The van der Waals surface area contributed by atoms with Gasteiger partial charge in [0.15, 0.2) is 0 Å². The Hall–Kier alpha value is -1.68. The molecule has 0 aliphatic heterocycles. The van der Waals surface area contributed by atoms with Gasteiger partial charge in [-0.05, 0) is 26.0 Å². The summed E-state index contributed by atoms with van der Waals surface area (Å²) in [5, 5.41) is 3.51. The lowest BCUT2D eigenvalue weighted by molar-refractivity contribution is 0.566. The van der Waals surface area contributed by atoms with E-state index in [0.717, 1.165) is 31.0 Å². The molecule has 0 saturated heterocycles. The molecule has 0 aliphatic carbocycles. The first kappa shape index (κ1) is 13.7. The zero-order chi connectivity index (χ0) is 13.7. The maximum Gasteiger partial charge on any atom is 0.142 e. The van der Waals surface area contributed by atoms with Crippen LogP contribution in [-0.4, -0.2) is 21.1 Å². The maximum atomic E-state index is 4.54. The van der Waals surface area contributed by atoms with Gasteiger partial charge in [0.05, 0.1) is 0 Å². The fourth-order valence-electron chi connectivity index (χ4n) is 2.21. The lowest BCUT2D eigenvalue weighted by Gasteiger charge is -2.18. The summed E-state index contributed by atoms with van der Waals surface area (Å²) in [5.41, 5.74) is 1.21. The summed E-state index contributed by atoms with van der Waals surface area (Å²) in [6.07, 6.45) is 7.69. The van der Waals surface area contributed by atoms with Gasteiger partial charge < -0.3 is 5.32 Å². The van der Waals surface area contributed by atoms with Crippen LogP contribution < -0.4 is 5.32 Å². The average Bonchev–Trinajstić information content (AvgIpc) is 2.93. The summed E-state index contributed by atoms with van der Waals surface area (Å²) in [5.74, 6) is 2.02. The standard InChI is InChI=1S/C15H22N4/c1-4-8-16-12(3)13-7-6-9-18-15(13)19-11-10-17-14(19)5-2/h6-7,9-12,16H,4-5,8H2,1-3H3. The molecule has 2 rings (SSSR count). The summed E-state index contributed by atoms with van der Waals surface area (Å²) in [6.45, 7) is 7.48. The molecule has 0 aliphatic rings. The van der Waals surface area contributed by atoms with Gasteiger partial charge in [-0.1, -0.05) is 19.9 Å². The molecule has 0 bridgehead atoms. The second kappa shape index (κ2) is 6.48. The third kappa shape index (κ3) is 3.01. The zero-order valence-electron chi connectivity index (χ0n) is 11.9. The highest BCUT2D eigenvalue weighted by molar-refractivity contribution is 5.37. The predicted octanol–water partition coefficient (Wildman–Crippen LogP) is 2.89. The van der Waals surface area contributed by atoms with Crippen molar-refractivity contribution in [3.8, 4) is 5.82 Å². The van der Waals surface area contributed by atoms with Crippen LogP contribution in [0.2, 0.25) is 0 Å². The molecule has 102 valence electrons. The van der Waals surface area contributed by atoms with E-state index < -0.39 is 0 Å². The Morgan fingerprint density at radius 2 is 2.11 bits per heavy atom. The van der Waals surface area contributed by atoms with Gasteiger partial charge in [0.1, 0.15) is 11.6 Å². The largest absolute Gasteiger partial charge is 0.310 e. The van der Waals surface area contributed by atoms with Gasteiger partial charge in [-0.15, -0.1) is 0 Å². The van der Waals surface area contributed by atoms with Crippen LogP contribution in [0.5, 0.6) is 0 Å². The number of hydrogen-bond donors (Lipinski definition) is 1. The topological polar surface area (TPSA) is 42.7 Å². The zero-order valence-corrected chi connectivity index (χ0v) is 11.9. The number of nitrogens with zero attached hydrogens (tertiary/aromatic N) is 3. The number of aryl methyl sites for hydroxylation is 1. The van der Waals surface area contributed by atoms with Crippen LogP contribution in [0.25, 0.3) is 5.82 Å². The second-order valence-corrected chi connectivity index (χ2v) is 4.66. The quantitative estimate of drug-likeness (QED) is 0.866. The van der Waals surface area contributed by atoms with Gasteiger partial charge in [0.25, 0.3) is 0 Å². The van der Waals surface area contributed by atoms with E-state index in [0.29, 0.717) is 0 Å². The Morgan fingerprint density at radius 1 is 1.26 bits per heavy atom. The first-order valence-corrected chi connectivity index (χ1v) is 6.98. The van der Waals surface area contributed by atoms with E-state index in [4.69, 9.17) is 0 Å². The molecule has 4 nitrogen and oxygen atoms in total. The number of aromatic nitrogens is 3. The van der Waals surface area contributed by atoms with Crippen LogP contribution in [0.1, 0.15) is 44.6 Å². The van der Waals surface area contributed by atoms with E-state index in [1.54, 1.807) is 0 Å². The third-order valence-electron chi connectivity index (χ3n) is 3.25. The molecule has 0 amide bonds. The maximum absolute atomic E-state index is 4.54. The fraction of sp³-hybridized carbons (Fsp3) is 0.467. The van der Waals surface area contributed by atoms with Crippen molar-refractivity contribution < 1.29 is 0 Å². The molecule has 0 spiro atoms. The van der Waals surface area contributed by atoms with E-state index in [1.165, 1.54) is 5.56 Å². The predicted molar refractivity (Wildman–Crippen MR) is 77.4 cm³/mol. The number of hydrogen-bond acceptors (Lipinski definition) is 3. The molecule has 0 aromatic carbocycles. The van der Waals surface area contributed by atoms with Crippen LogP contribution in [0, 0.1) is 0 Å². The number of rotatable bonds is 6. The van der Waals surface area contributed by atoms with E-state index in [-0.39, 0.29) is 6.04 Å². The molecule has 19 heavy (non-hydrogen) atoms. The lowest BCUT2D eigenvalue weighted by atomic mass is 10.1. The molecule has 4 heteroatoms. The van der Waals surface area contributed by atoms with Crippen molar-refractivity contribution in [3.63, 3.8) is 0 Å². The highest BCUT2D eigenvalue weighted by atomic mass is 15.1. The molecule has 2 heterocycles. The number of pyridine rings is 1. The van der Waals surface area contributed by atoms with E-state index in [1.807, 2.05) is 24.7 Å². The summed E-state index contributed by atoms with van der Waals surface area (Å²) < 4.78 is 2.08. The van der Waals surface area contributed by atoms with E-state index in [2.05, 4.69) is 46.7 Å². The molecule has 0 fully saturated rings. The minimum absolute atomic E-state index is 0.288. The molecule has 0 radical (unpaired) electrons. The Morgan fingerprint density at radius 3 is 2.84 bits per heavy atom. The summed E-state index contributed by atoms with van der Waals surface area (Å²) in [7, 11) is 0. The summed E-state index contributed by atoms with van der Waals surface area (Å²) >= 11 is 0. The number of imidazole rings is 1. The number of nitrogens with one attached hydrogen (secondary N) is 1. The Labute approximate surface area is 114 Å². The van der Waals surface area contributed by atoms with Crippen LogP contribution in [0.15, 0.2) is 30.7 Å². The van der Waals surface area contributed by atoms with E-state index in [9.17, 15) is 0 Å². The SMILES string of the molecule is CCCNC(C)c1cccnc1-n1ccnc1CC.